The van der Waals surface area contributed by atoms with E-state index < -0.39 is 0 Å². The second kappa shape index (κ2) is 7.44. The second-order valence-corrected chi connectivity index (χ2v) is 6.75. The van der Waals surface area contributed by atoms with Crippen molar-refractivity contribution in [3.63, 3.8) is 0 Å². The third-order valence-electron chi connectivity index (χ3n) is 3.96. The summed E-state index contributed by atoms with van der Waals surface area (Å²) in [6.07, 6.45) is 3.85. The molecule has 22 heavy (non-hydrogen) atoms. The van der Waals surface area contributed by atoms with Crippen LogP contribution in [-0.4, -0.2) is 24.2 Å². The van der Waals surface area contributed by atoms with Crippen LogP contribution in [0.5, 0.6) is 5.75 Å². The zero-order chi connectivity index (χ0) is 15.4. The fourth-order valence-corrected chi connectivity index (χ4v) is 3.22. The molecule has 1 saturated heterocycles. The molecule has 2 unspecified atom stereocenters. The Balaban J connectivity index is 1.77. The number of nitrogens with one attached hydrogen (secondary N) is 1. The van der Waals surface area contributed by atoms with Gasteiger partial charge in [0.1, 0.15) is 17.0 Å². The first-order valence-corrected chi connectivity index (χ1v) is 8.62. The van der Waals surface area contributed by atoms with Gasteiger partial charge >= 0.3 is 0 Å². The number of hydrogen-bond donors (Lipinski definition) is 1. The van der Waals surface area contributed by atoms with E-state index in [0.717, 1.165) is 36.2 Å². The molecule has 1 fully saturated rings. The van der Waals surface area contributed by atoms with E-state index in [-0.39, 0.29) is 6.10 Å². The van der Waals surface area contributed by atoms with E-state index in [1.807, 2.05) is 12.1 Å². The third-order valence-corrected chi connectivity index (χ3v) is 5.10. The summed E-state index contributed by atoms with van der Waals surface area (Å²) in [7, 11) is 0. The molecule has 2 atom stereocenters. The highest BCUT2D eigenvalue weighted by Gasteiger charge is 2.27. The molecule has 5 heteroatoms. The van der Waals surface area contributed by atoms with Crippen LogP contribution in [0.15, 0.2) is 47.1 Å². The Kier molecular flexibility index (Phi) is 5.34. The predicted octanol–water partition coefficient (Wildman–Crippen LogP) is 4.10. The summed E-state index contributed by atoms with van der Waals surface area (Å²) >= 11 is 9.35. The van der Waals surface area contributed by atoms with Gasteiger partial charge in [-0.25, -0.2) is 4.98 Å². The first-order chi connectivity index (χ1) is 10.7. The maximum absolute atomic E-state index is 6.25. The van der Waals surface area contributed by atoms with E-state index in [2.05, 4.69) is 50.5 Å². The lowest BCUT2D eigenvalue weighted by Gasteiger charge is -2.24. The molecule has 1 aromatic carbocycles. The molecule has 116 valence electrons. The van der Waals surface area contributed by atoms with Crippen molar-refractivity contribution in [1.29, 1.82) is 0 Å². The monoisotopic (exact) mass is 380 g/mol. The summed E-state index contributed by atoms with van der Waals surface area (Å²) in [5.74, 6) is 1.26. The molecule has 0 amide bonds. The van der Waals surface area contributed by atoms with Crippen molar-refractivity contribution in [3.05, 3.63) is 57.8 Å². The van der Waals surface area contributed by atoms with Gasteiger partial charge in [0.15, 0.2) is 0 Å². The fraction of sp³-hybridized carbons (Fsp3) is 0.353. The second-order valence-electron chi connectivity index (χ2n) is 5.54. The summed E-state index contributed by atoms with van der Waals surface area (Å²) < 4.78 is 7.01. The number of nitrogens with zero attached hydrogens (tertiary/aromatic N) is 1. The lowest BCUT2D eigenvalue weighted by atomic mass is 9.95. The Morgan fingerprint density at radius 3 is 2.86 bits per heavy atom. The van der Waals surface area contributed by atoms with Crippen LogP contribution in [0.1, 0.15) is 12.0 Å². The normalized spacial score (nSPS) is 19.1. The van der Waals surface area contributed by atoms with Crippen LogP contribution < -0.4 is 10.1 Å². The van der Waals surface area contributed by atoms with Gasteiger partial charge in [0.05, 0.1) is 10.7 Å². The maximum atomic E-state index is 6.25. The first kappa shape index (κ1) is 15.8. The molecule has 2 heterocycles. The average molecular weight is 382 g/mol. The summed E-state index contributed by atoms with van der Waals surface area (Å²) in [6.45, 7) is 2.06. The van der Waals surface area contributed by atoms with Gasteiger partial charge in [-0.1, -0.05) is 41.9 Å². The Morgan fingerprint density at radius 2 is 2.18 bits per heavy atom. The minimum absolute atomic E-state index is 0.132. The maximum Gasteiger partial charge on any atom is 0.143 e. The van der Waals surface area contributed by atoms with Crippen LogP contribution in [0, 0.1) is 5.92 Å². The molecule has 1 aliphatic heterocycles. The van der Waals surface area contributed by atoms with Crippen LogP contribution in [0.4, 0.5) is 0 Å². The summed E-state index contributed by atoms with van der Waals surface area (Å²) in [6, 6.07) is 12.4. The molecular weight excluding hydrogens is 364 g/mol. The van der Waals surface area contributed by atoms with Gasteiger partial charge in [-0.2, -0.15) is 0 Å². The van der Waals surface area contributed by atoms with Crippen LogP contribution in [0.2, 0.25) is 5.15 Å². The third kappa shape index (κ3) is 4.00. The van der Waals surface area contributed by atoms with Crippen molar-refractivity contribution in [3.8, 4) is 5.75 Å². The lowest BCUT2D eigenvalue weighted by Crippen LogP contribution is -2.31. The Labute approximate surface area is 144 Å². The van der Waals surface area contributed by atoms with Crippen LogP contribution in [0.25, 0.3) is 0 Å². The Bertz CT molecular complexity index is 617. The van der Waals surface area contributed by atoms with Crippen LogP contribution in [-0.2, 0) is 6.42 Å². The highest BCUT2D eigenvalue weighted by atomic mass is 79.9. The largest absolute Gasteiger partial charge is 0.488 e. The van der Waals surface area contributed by atoms with E-state index in [9.17, 15) is 0 Å². The SMILES string of the molecule is Clc1ncc(OC(Cc2ccccc2)C2CCNC2)cc1Br. The van der Waals surface area contributed by atoms with E-state index in [1.54, 1.807) is 6.20 Å². The smallest absolute Gasteiger partial charge is 0.143 e. The average Bonchev–Trinajstić information content (AvgIpc) is 3.06. The molecule has 0 radical (unpaired) electrons. The number of aromatic nitrogens is 1. The summed E-state index contributed by atoms with van der Waals surface area (Å²) in [5, 5.41) is 3.87. The van der Waals surface area contributed by atoms with Gasteiger partial charge < -0.3 is 10.1 Å². The van der Waals surface area contributed by atoms with E-state index >= 15 is 0 Å². The summed E-state index contributed by atoms with van der Waals surface area (Å²) in [5.41, 5.74) is 1.29. The highest BCUT2D eigenvalue weighted by molar-refractivity contribution is 9.10. The molecule has 3 nitrogen and oxygen atoms in total. The zero-order valence-corrected chi connectivity index (χ0v) is 14.5. The van der Waals surface area contributed by atoms with Crippen molar-refractivity contribution >= 4 is 27.5 Å². The van der Waals surface area contributed by atoms with Crippen molar-refractivity contribution in [2.75, 3.05) is 13.1 Å². The Morgan fingerprint density at radius 1 is 1.36 bits per heavy atom. The zero-order valence-electron chi connectivity index (χ0n) is 12.1. The van der Waals surface area contributed by atoms with Crippen molar-refractivity contribution < 1.29 is 4.74 Å². The number of halogens is 2. The molecule has 1 aromatic heterocycles. The number of benzene rings is 1. The molecule has 0 aliphatic carbocycles. The Hall–Kier alpha value is -1.10. The van der Waals surface area contributed by atoms with Crippen molar-refractivity contribution in [2.45, 2.75) is 18.9 Å². The molecule has 1 N–H and O–H groups in total. The van der Waals surface area contributed by atoms with E-state index in [1.165, 1.54) is 5.56 Å². The molecule has 3 rings (SSSR count). The van der Waals surface area contributed by atoms with Crippen LogP contribution >= 0.6 is 27.5 Å². The quantitative estimate of drug-likeness (QED) is 0.792. The molecule has 0 spiro atoms. The first-order valence-electron chi connectivity index (χ1n) is 7.45. The molecule has 0 saturated carbocycles. The minimum Gasteiger partial charge on any atom is -0.488 e. The van der Waals surface area contributed by atoms with Gasteiger partial charge in [0, 0.05) is 18.9 Å². The number of pyridine rings is 1. The number of hydrogen-bond acceptors (Lipinski definition) is 3. The molecule has 2 aromatic rings. The van der Waals surface area contributed by atoms with Gasteiger partial charge in [-0.05, 0) is 40.5 Å². The van der Waals surface area contributed by atoms with Crippen molar-refractivity contribution in [2.24, 2.45) is 5.92 Å². The van der Waals surface area contributed by atoms with Gasteiger partial charge in [0.25, 0.3) is 0 Å². The molecular formula is C17H18BrClN2O. The molecule has 1 aliphatic rings. The van der Waals surface area contributed by atoms with Gasteiger partial charge in [0.2, 0.25) is 0 Å². The van der Waals surface area contributed by atoms with Gasteiger partial charge in [-0.3, -0.25) is 0 Å². The van der Waals surface area contributed by atoms with Crippen molar-refractivity contribution in [1.82, 2.24) is 10.3 Å². The van der Waals surface area contributed by atoms with Gasteiger partial charge in [-0.15, -0.1) is 0 Å². The predicted molar refractivity (Wildman–Crippen MR) is 92.5 cm³/mol. The fourth-order valence-electron chi connectivity index (χ4n) is 2.79. The number of ether oxygens (including phenoxy) is 1. The summed E-state index contributed by atoms with van der Waals surface area (Å²) in [4.78, 5) is 4.14. The minimum atomic E-state index is 0.132. The lowest BCUT2D eigenvalue weighted by molar-refractivity contribution is 0.142. The van der Waals surface area contributed by atoms with E-state index in [4.69, 9.17) is 16.3 Å². The highest BCUT2D eigenvalue weighted by Crippen LogP contribution is 2.27. The molecule has 0 bridgehead atoms. The van der Waals surface area contributed by atoms with Crippen LogP contribution in [0.3, 0.4) is 0 Å². The van der Waals surface area contributed by atoms with E-state index in [0.29, 0.717) is 11.1 Å². The number of rotatable bonds is 5. The standard InChI is InChI=1S/C17H18BrClN2O/c18-15-9-14(11-21-17(15)19)22-16(13-6-7-20-10-13)8-12-4-2-1-3-5-12/h1-5,9,11,13,16,20H,6-8,10H2. The topological polar surface area (TPSA) is 34.1 Å².